The third-order valence-electron chi connectivity index (χ3n) is 11.1. The minimum absolute atomic E-state index is 0.0283. The fourth-order valence-electron chi connectivity index (χ4n) is 8.54. The summed E-state index contributed by atoms with van der Waals surface area (Å²) in [5.74, 6) is 0.300. The van der Waals surface area contributed by atoms with Gasteiger partial charge in [0.2, 0.25) is 5.91 Å². The zero-order valence-corrected chi connectivity index (χ0v) is 29.2. The van der Waals surface area contributed by atoms with Crippen molar-refractivity contribution >= 4 is 23.6 Å². The molecule has 1 aliphatic carbocycles. The fraction of sp³-hybridized carbons (Fsp3) is 0.600. The Kier molecular flexibility index (Phi) is 9.17. The van der Waals surface area contributed by atoms with E-state index in [1.165, 1.54) is 25.1 Å². The van der Waals surface area contributed by atoms with Gasteiger partial charge < -0.3 is 24.8 Å². The zero-order valence-electron chi connectivity index (χ0n) is 29.2. The summed E-state index contributed by atoms with van der Waals surface area (Å²) in [6.07, 6.45) is 0.719. The molecule has 3 aromatic rings. The molecule has 1 amide bonds. The quantitative estimate of drug-likeness (QED) is 0.257. The van der Waals surface area contributed by atoms with E-state index in [4.69, 9.17) is 25.0 Å². The highest BCUT2D eigenvalue weighted by Gasteiger charge is 2.50. The summed E-state index contributed by atoms with van der Waals surface area (Å²) in [4.78, 5) is 37.0. The largest absolute Gasteiger partial charge is 0.461 e. The monoisotopic (exact) mass is 713 g/mol. The minimum atomic E-state index is -4.61. The molecule has 0 bridgehead atoms. The SMILES string of the molecule is Cc1noc(/C=C/C(=O)N2CC[C@@H](N(C)c3nc(OCC45CCCN4C[C@H](F)C5)nc4c3CC(C)C(c3nc(N)cc(C)c3C(F)(F)F)C4)C2)n1. The molecule has 3 unspecified atom stereocenters. The normalized spacial score (nSPS) is 26.5. The Morgan fingerprint density at radius 2 is 1.98 bits per heavy atom. The van der Waals surface area contributed by atoms with Crippen LogP contribution in [0.4, 0.5) is 29.2 Å². The van der Waals surface area contributed by atoms with Crippen LogP contribution in [0.2, 0.25) is 0 Å². The number of nitrogens with two attached hydrogens (primary N) is 1. The second kappa shape index (κ2) is 13.3. The number of ether oxygens (including phenoxy) is 1. The number of nitrogen functional groups attached to an aromatic ring is 1. The molecule has 0 saturated carbocycles. The number of likely N-dealkylation sites (N-methyl/N-ethyl adjacent to an activating group) is 1. The molecule has 3 aromatic heterocycles. The molecule has 7 rings (SSSR count). The van der Waals surface area contributed by atoms with Gasteiger partial charge in [-0.25, -0.2) is 9.37 Å². The highest BCUT2D eigenvalue weighted by molar-refractivity contribution is 5.91. The van der Waals surface area contributed by atoms with Gasteiger partial charge in [0.05, 0.1) is 22.5 Å². The van der Waals surface area contributed by atoms with Crippen LogP contribution in [-0.2, 0) is 23.8 Å². The fourth-order valence-corrected chi connectivity index (χ4v) is 8.54. The summed E-state index contributed by atoms with van der Waals surface area (Å²) in [5, 5.41) is 3.74. The summed E-state index contributed by atoms with van der Waals surface area (Å²) in [7, 11) is 1.91. The van der Waals surface area contributed by atoms with Crippen LogP contribution in [0.1, 0.15) is 78.3 Å². The van der Waals surface area contributed by atoms with Gasteiger partial charge in [0.25, 0.3) is 5.89 Å². The third kappa shape index (κ3) is 6.86. The Bertz CT molecular complexity index is 1830. The summed E-state index contributed by atoms with van der Waals surface area (Å²) in [6, 6.07) is 1.25. The first kappa shape index (κ1) is 35.1. The van der Waals surface area contributed by atoms with Gasteiger partial charge in [-0.05, 0) is 70.0 Å². The first-order valence-corrected chi connectivity index (χ1v) is 17.5. The third-order valence-corrected chi connectivity index (χ3v) is 11.1. The zero-order chi connectivity index (χ0) is 36.2. The average molecular weight is 714 g/mol. The summed E-state index contributed by atoms with van der Waals surface area (Å²) < 4.78 is 69.2. The highest BCUT2D eigenvalue weighted by atomic mass is 19.4. The topological polar surface area (TPSA) is 140 Å². The highest BCUT2D eigenvalue weighted by Crippen LogP contribution is 2.46. The van der Waals surface area contributed by atoms with Crippen LogP contribution in [0.3, 0.4) is 0 Å². The van der Waals surface area contributed by atoms with Crippen LogP contribution in [0.25, 0.3) is 6.08 Å². The number of nitrogens with zero attached hydrogens (tertiary/aromatic N) is 8. The van der Waals surface area contributed by atoms with Crippen molar-refractivity contribution in [1.82, 2.24) is 34.9 Å². The second-order valence-corrected chi connectivity index (χ2v) is 14.6. The first-order valence-electron chi connectivity index (χ1n) is 17.5. The Morgan fingerprint density at radius 1 is 1.18 bits per heavy atom. The number of carbonyl (C=O) groups excluding carboxylic acids is 1. The van der Waals surface area contributed by atoms with E-state index >= 15 is 0 Å². The molecule has 16 heteroatoms. The summed E-state index contributed by atoms with van der Waals surface area (Å²) in [5.41, 5.74) is 6.16. The van der Waals surface area contributed by atoms with Gasteiger partial charge in [-0.2, -0.15) is 28.1 Å². The lowest BCUT2D eigenvalue weighted by atomic mass is 9.75. The molecule has 51 heavy (non-hydrogen) atoms. The van der Waals surface area contributed by atoms with Gasteiger partial charge in [0.15, 0.2) is 5.82 Å². The lowest BCUT2D eigenvalue weighted by Crippen LogP contribution is -2.43. The predicted octanol–water partition coefficient (Wildman–Crippen LogP) is 4.70. The van der Waals surface area contributed by atoms with Crippen molar-refractivity contribution in [2.24, 2.45) is 5.92 Å². The Morgan fingerprint density at radius 3 is 2.73 bits per heavy atom. The van der Waals surface area contributed by atoms with Gasteiger partial charge in [0, 0.05) is 62.8 Å². The number of pyridine rings is 1. The maximum atomic E-state index is 14.5. The van der Waals surface area contributed by atoms with Crippen molar-refractivity contribution in [2.75, 3.05) is 50.5 Å². The molecule has 274 valence electrons. The number of rotatable bonds is 8. The van der Waals surface area contributed by atoms with Crippen molar-refractivity contribution in [2.45, 2.75) is 89.1 Å². The van der Waals surface area contributed by atoms with E-state index in [0.29, 0.717) is 56.2 Å². The number of halogens is 4. The maximum Gasteiger partial charge on any atom is 0.418 e. The first-order chi connectivity index (χ1) is 24.2. The molecule has 4 aliphatic rings. The molecule has 3 aliphatic heterocycles. The van der Waals surface area contributed by atoms with Crippen molar-refractivity contribution in [3.05, 3.63) is 51.9 Å². The summed E-state index contributed by atoms with van der Waals surface area (Å²) in [6.45, 7) is 7.33. The molecule has 0 spiro atoms. The van der Waals surface area contributed by atoms with Gasteiger partial charge in [-0.3, -0.25) is 9.69 Å². The number of carbonyl (C=O) groups is 1. The van der Waals surface area contributed by atoms with E-state index in [0.717, 1.165) is 24.9 Å². The van der Waals surface area contributed by atoms with E-state index in [9.17, 15) is 22.4 Å². The average Bonchev–Trinajstić information content (AvgIpc) is 3.85. The van der Waals surface area contributed by atoms with Crippen molar-refractivity contribution in [3.8, 4) is 6.01 Å². The van der Waals surface area contributed by atoms with E-state index in [1.807, 2.05) is 18.9 Å². The van der Waals surface area contributed by atoms with Gasteiger partial charge in [0.1, 0.15) is 24.4 Å². The lowest BCUT2D eigenvalue weighted by Gasteiger charge is -2.36. The number of anilines is 2. The Hall–Kier alpha value is -4.34. The molecular weight excluding hydrogens is 670 g/mol. The number of alkyl halides is 4. The number of fused-ring (bicyclic) bond motifs is 2. The number of hydrogen-bond donors (Lipinski definition) is 1. The van der Waals surface area contributed by atoms with Gasteiger partial charge >= 0.3 is 12.2 Å². The number of aromatic nitrogens is 5. The Labute approximate surface area is 293 Å². The van der Waals surface area contributed by atoms with Crippen LogP contribution in [-0.4, -0.2) is 98.4 Å². The van der Waals surface area contributed by atoms with Crippen LogP contribution < -0.4 is 15.4 Å². The molecule has 2 N–H and O–H groups in total. The van der Waals surface area contributed by atoms with Gasteiger partial charge in [-0.1, -0.05) is 12.1 Å². The van der Waals surface area contributed by atoms with Crippen molar-refractivity contribution in [1.29, 1.82) is 0 Å². The standard InChI is InChI=1S/C35H43F4N9O3/c1-19-12-25-26(14-24(19)31-30(35(37,38)39)20(2)13-27(40)43-31)42-33(50-18-34-9-5-10-48(34)16-22(36)15-34)44-32(25)46(4)23-8-11-47(17-23)29(49)7-6-28-41-21(3)45-51-28/h6-7,13,19,22-24H,5,8-12,14-18H2,1-4H3,(H2,40,43)/b7-6+/t19?,22-,23-,24?,34?/m1/s1. The van der Waals surface area contributed by atoms with E-state index in [1.54, 1.807) is 11.8 Å². The van der Waals surface area contributed by atoms with E-state index < -0.39 is 29.4 Å². The molecule has 0 radical (unpaired) electrons. The molecule has 0 aromatic carbocycles. The smallest absolute Gasteiger partial charge is 0.418 e. The van der Waals surface area contributed by atoms with Crippen molar-refractivity contribution in [3.63, 3.8) is 0 Å². The molecular formula is C35H43F4N9O3. The number of hydrogen-bond acceptors (Lipinski definition) is 11. The Balaban J connectivity index is 1.19. The van der Waals surface area contributed by atoms with Gasteiger partial charge in [-0.15, -0.1) is 0 Å². The van der Waals surface area contributed by atoms with Crippen LogP contribution in [0.15, 0.2) is 16.7 Å². The predicted molar refractivity (Wildman–Crippen MR) is 180 cm³/mol. The number of aryl methyl sites for hydroxylation is 2. The van der Waals surface area contributed by atoms with E-state index in [2.05, 4.69) is 20.0 Å². The lowest BCUT2D eigenvalue weighted by molar-refractivity contribution is -0.139. The number of likely N-dealkylation sites (tertiary alicyclic amines) is 1. The minimum Gasteiger partial charge on any atom is -0.461 e. The van der Waals surface area contributed by atoms with Crippen molar-refractivity contribution < 1.29 is 31.6 Å². The molecule has 6 heterocycles. The molecule has 3 saturated heterocycles. The molecule has 5 atom stereocenters. The number of amides is 1. The second-order valence-electron chi connectivity index (χ2n) is 14.6. The van der Waals surface area contributed by atoms with Crippen LogP contribution >= 0.6 is 0 Å². The summed E-state index contributed by atoms with van der Waals surface area (Å²) >= 11 is 0. The molecule has 3 fully saturated rings. The maximum absolute atomic E-state index is 14.5. The van der Waals surface area contributed by atoms with Crippen LogP contribution in [0, 0.1) is 19.8 Å². The molecule has 12 nitrogen and oxygen atoms in total. The van der Waals surface area contributed by atoms with E-state index in [-0.39, 0.29) is 59.9 Å². The van der Waals surface area contributed by atoms with Crippen LogP contribution in [0.5, 0.6) is 6.01 Å².